The molecule has 0 saturated carbocycles. The zero-order chi connectivity index (χ0) is 17.7. The first-order valence-electron chi connectivity index (χ1n) is 7.60. The number of benzene rings is 1. The minimum atomic E-state index is -3.94. The molecular weight excluding hydrogens is 391 g/mol. The van der Waals surface area contributed by atoms with Crippen LogP contribution in [0.25, 0.3) is 0 Å². The molecule has 24 heavy (non-hydrogen) atoms. The third-order valence-corrected chi connectivity index (χ3v) is 6.64. The summed E-state index contributed by atoms with van der Waals surface area (Å²) in [5.41, 5.74) is 0. The normalized spacial score (nSPS) is 16.4. The number of nitrogens with zero attached hydrogens (tertiary/aromatic N) is 1. The Morgan fingerprint density at radius 2 is 2.00 bits per heavy atom. The lowest BCUT2D eigenvalue weighted by atomic mass is 10.2. The fraction of sp³-hybridized carbons (Fsp3) is 0.533. The van der Waals surface area contributed by atoms with E-state index in [2.05, 4.69) is 4.72 Å². The van der Waals surface area contributed by atoms with Gasteiger partial charge >= 0.3 is 0 Å². The molecule has 1 heterocycles. The van der Waals surface area contributed by atoms with Crippen molar-refractivity contribution in [2.75, 3.05) is 25.1 Å². The Balaban J connectivity index is 2.23. The predicted molar refractivity (Wildman–Crippen MR) is 99.4 cm³/mol. The van der Waals surface area contributed by atoms with Crippen molar-refractivity contribution in [1.82, 2.24) is 9.62 Å². The summed E-state index contributed by atoms with van der Waals surface area (Å²) >= 11 is 13.4. The number of likely N-dealkylation sites (tertiary alicyclic amines) is 1. The molecule has 1 aromatic rings. The number of hydrogen-bond acceptors (Lipinski definition) is 4. The second-order valence-corrected chi connectivity index (χ2v) is 9.07. The van der Waals surface area contributed by atoms with Crippen LogP contribution in [-0.4, -0.2) is 50.4 Å². The molecule has 1 aliphatic rings. The van der Waals surface area contributed by atoms with Crippen LogP contribution in [0, 0.1) is 0 Å². The second kappa shape index (κ2) is 8.76. The van der Waals surface area contributed by atoms with E-state index in [0.717, 1.165) is 12.8 Å². The summed E-state index contributed by atoms with van der Waals surface area (Å²) in [6.45, 7) is 1.35. The van der Waals surface area contributed by atoms with Gasteiger partial charge in [-0.3, -0.25) is 4.79 Å². The molecule has 9 heteroatoms. The van der Waals surface area contributed by atoms with Crippen LogP contribution in [0.3, 0.4) is 0 Å². The fourth-order valence-electron chi connectivity index (χ4n) is 2.56. The number of halogens is 2. The van der Waals surface area contributed by atoms with Crippen LogP contribution in [0.4, 0.5) is 0 Å². The van der Waals surface area contributed by atoms with Crippen molar-refractivity contribution in [3.05, 3.63) is 28.2 Å². The zero-order valence-electron chi connectivity index (χ0n) is 13.3. The lowest BCUT2D eigenvalue weighted by Crippen LogP contribution is -2.48. The van der Waals surface area contributed by atoms with Crippen molar-refractivity contribution in [2.24, 2.45) is 0 Å². The van der Waals surface area contributed by atoms with Gasteiger partial charge in [0, 0.05) is 18.1 Å². The number of amides is 1. The average molecular weight is 411 g/mol. The first-order chi connectivity index (χ1) is 11.3. The van der Waals surface area contributed by atoms with Crippen molar-refractivity contribution in [1.29, 1.82) is 0 Å². The lowest BCUT2D eigenvalue weighted by molar-refractivity contribution is -0.131. The van der Waals surface area contributed by atoms with E-state index in [1.165, 1.54) is 18.2 Å². The molecule has 0 spiro atoms. The summed E-state index contributed by atoms with van der Waals surface area (Å²) in [5.74, 6) is 0.499. The fourth-order valence-corrected chi connectivity index (χ4v) is 5.02. The molecule has 1 unspecified atom stereocenters. The molecule has 0 aromatic heterocycles. The van der Waals surface area contributed by atoms with E-state index in [9.17, 15) is 13.2 Å². The highest BCUT2D eigenvalue weighted by Crippen LogP contribution is 2.25. The van der Waals surface area contributed by atoms with Crippen LogP contribution < -0.4 is 4.72 Å². The van der Waals surface area contributed by atoms with Crippen LogP contribution in [0.5, 0.6) is 0 Å². The standard InChI is InChI=1S/C15H20Cl2N2O3S2/c1-23-9-6-13(15(20)19-7-2-3-8-19)18-24(21,22)14-10-11(16)4-5-12(14)17/h4-5,10,13,18H,2-3,6-9H2,1H3. The largest absolute Gasteiger partial charge is 0.341 e. The number of hydrogen-bond donors (Lipinski definition) is 1. The SMILES string of the molecule is CSCCC(NS(=O)(=O)c1cc(Cl)ccc1Cl)C(=O)N1CCCC1. The average Bonchev–Trinajstić information content (AvgIpc) is 3.07. The van der Waals surface area contributed by atoms with E-state index in [4.69, 9.17) is 23.2 Å². The Bertz CT molecular complexity index is 692. The Hall–Kier alpha value is -0.470. The first kappa shape index (κ1) is 19.8. The van der Waals surface area contributed by atoms with Gasteiger partial charge in [0.1, 0.15) is 10.9 Å². The third-order valence-electron chi connectivity index (χ3n) is 3.81. The molecule has 1 aliphatic heterocycles. The number of sulfonamides is 1. The van der Waals surface area contributed by atoms with Crippen molar-refractivity contribution >= 4 is 50.9 Å². The van der Waals surface area contributed by atoms with E-state index < -0.39 is 16.1 Å². The Morgan fingerprint density at radius 1 is 1.33 bits per heavy atom. The van der Waals surface area contributed by atoms with Gasteiger partial charge in [-0.1, -0.05) is 23.2 Å². The minimum Gasteiger partial charge on any atom is -0.341 e. The number of nitrogens with one attached hydrogen (secondary N) is 1. The smallest absolute Gasteiger partial charge is 0.242 e. The van der Waals surface area contributed by atoms with Crippen molar-refractivity contribution in [3.8, 4) is 0 Å². The topological polar surface area (TPSA) is 66.5 Å². The van der Waals surface area contributed by atoms with E-state index >= 15 is 0 Å². The van der Waals surface area contributed by atoms with Gasteiger partial charge in [0.2, 0.25) is 15.9 Å². The molecule has 2 rings (SSSR count). The van der Waals surface area contributed by atoms with Gasteiger partial charge in [-0.05, 0) is 49.5 Å². The number of carbonyl (C=O) groups is 1. The number of thioether (sulfide) groups is 1. The maximum Gasteiger partial charge on any atom is 0.242 e. The van der Waals surface area contributed by atoms with Gasteiger partial charge in [0.05, 0.1) is 5.02 Å². The summed E-state index contributed by atoms with van der Waals surface area (Å²) in [6.07, 6.45) is 4.25. The molecule has 0 bridgehead atoms. The Kier molecular flexibility index (Phi) is 7.24. The molecule has 1 fully saturated rings. The molecule has 1 N–H and O–H groups in total. The van der Waals surface area contributed by atoms with E-state index in [-0.39, 0.29) is 20.8 Å². The molecular formula is C15H20Cl2N2O3S2. The summed E-state index contributed by atoms with van der Waals surface area (Å²) in [4.78, 5) is 14.2. The van der Waals surface area contributed by atoms with Gasteiger partial charge in [0.15, 0.2) is 0 Å². The van der Waals surface area contributed by atoms with E-state index in [1.54, 1.807) is 16.7 Å². The summed E-state index contributed by atoms with van der Waals surface area (Å²) in [7, 11) is -3.94. The lowest BCUT2D eigenvalue weighted by Gasteiger charge is -2.24. The molecule has 0 aliphatic carbocycles. The third kappa shape index (κ3) is 5.02. The van der Waals surface area contributed by atoms with Crippen LogP contribution in [0.1, 0.15) is 19.3 Å². The Labute approximate surface area is 157 Å². The van der Waals surface area contributed by atoms with Gasteiger partial charge < -0.3 is 4.90 Å². The van der Waals surface area contributed by atoms with Gasteiger partial charge in [-0.25, -0.2) is 8.42 Å². The van der Waals surface area contributed by atoms with E-state index in [0.29, 0.717) is 25.3 Å². The first-order valence-corrected chi connectivity index (χ1v) is 11.2. The molecule has 134 valence electrons. The quantitative estimate of drug-likeness (QED) is 0.749. The molecule has 1 saturated heterocycles. The van der Waals surface area contributed by atoms with Gasteiger partial charge in [-0.2, -0.15) is 16.5 Å². The van der Waals surface area contributed by atoms with Crippen LogP contribution in [0.2, 0.25) is 10.0 Å². The second-order valence-electron chi connectivity index (χ2n) is 5.56. The summed E-state index contributed by atoms with van der Waals surface area (Å²) in [6, 6.07) is 3.44. The molecule has 5 nitrogen and oxygen atoms in total. The minimum absolute atomic E-state index is 0.0733. The van der Waals surface area contributed by atoms with Crippen molar-refractivity contribution in [3.63, 3.8) is 0 Å². The van der Waals surface area contributed by atoms with Crippen LogP contribution in [-0.2, 0) is 14.8 Å². The highest BCUT2D eigenvalue weighted by atomic mass is 35.5. The maximum atomic E-state index is 12.7. The highest BCUT2D eigenvalue weighted by molar-refractivity contribution is 7.98. The number of carbonyl (C=O) groups excluding carboxylic acids is 1. The van der Waals surface area contributed by atoms with Crippen LogP contribution in [0.15, 0.2) is 23.1 Å². The monoisotopic (exact) mass is 410 g/mol. The maximum absolute atomic E-state index is 12.7. The van der Waals surface area contributed by atoms with Gasteiger partial charge in [-0.15, -0.1) is 0 Å². The highest BCUT2D eigenvalue weighted by Gasteiger charge is 2.31. The van der Waals surface area contributed by atoms with Crippen LogP contribution >= 0.6 is 35.0 Å². The molecule has 1 amide bonds. The summed E-state index contributed by atoms with van der Waals surface area (Å²) in [5, 5.41) is 0.343. The van der Waals surface area contributed by atoms with Crippen molar-refractivity contribution in [2.45, 2.75) is 30.2 Å². The van der Waals surface area contributed by atoms with Crippen molar-refractivity contribution < 1.29 is 13.2 Å². The molecule has 1 atom stereocenters. The zero-order valence-corrected chi connectivity index (χ0v) is 16.4. The Morgan fingerprint density at radius 3 is 2.62 bits per heavy atom. The van der Waals surface area contributed by atoms with Gasteiger partial charge in [0.25, 0.3) is 0 Å². The molecule has 0 radical (unpaired) electrons. The summed E-state index contributed by atoms with van der Waals surface area (Å²) < 4.78 is 27.8. The number of rotatable bonds is 7. The van der Waals surface area contributed by atoms with E-state index in [1.807, 2.05) is 6.26 Å². The predicted octanol–water partition coefficient (Wildman–Crippen LogP) is 3.02. The molecule has 1 aromatic carbocycles.